The number of nitrogens with zero attached hydrogens (tertiary/aromatic N) is 3. The van der Waals surface area contributed by atoms with E-state index in [-0.39, 0.29) is 17.4 Å². The van der Waals surface area contributed by atoms with Crippen LogP contribution in [0.25, 0.3) is 0 Å². The quantitative estimate of drug-likeness (QED) is 0.304. The van der Waals surface area contributed by atoms with E-state index in [1.54, 1.807) is 24.3 Å². The number of nitro groups is 1. The number of carbonyl (C=O) groups excluding carboxylic acids is 2. The Balaban J connectivity index is 1.72. The summed E-state index contributed by atoms with van der Waals surface area (Å²) in [7, 11) is 0. The molecule has 0 aliphatic rings. The second kappa shape index (κ2) is 8.79. The summed E-state index contributed by atoms with van der Waals surface area (Å²) >= 11 is 3.26. The molecule has 3 rings (SSSR count). The van der Waals surface area contributed by atoms with Crippen LogP contribution in [0.3, 0.4) is 0 Å². The van der Waals surface area contributed by atoms with Crippen molar-refractivity contribution >= 4 is 45.1 Å². The molecule has 0 saturated carbocycles. The molecule has 0 saturated heterocycles. The van der Waals surface area contributed by atoms with E-state index in [1.807, 2.05) is 0 Å². The third kappa shape index (κ3) is 4.84. The van der Waals surface area contributed by atoms with Crippen LogP contribution in [0.1, 0.15) is 20.9 Å². The third-order valence-corrected chi connectivity index (χ3v) is 3.97. The first-order chi connectivity index (χ1) is 14.0. The lowest BCUT2D eigenvalue weighted by Gasteiger charge is -2.11. The van der Waals surface area contributed by atoms with Gasteiger partial charge in [-0.2, -0.15) is 0 Å². The Morgan fingerprint density at radius 2 is 1.62 bits per heavy atom. The van der Waals surface area contributed by atoms with Crippen LogP contribution in [-0.4, -0.2) is 26.7 Å². The Morgan fingerprint density at radius 1 is 1.00 bits per heavy atom. The van der Waals surface area contributed by atoms with E-state index in [2.05, 4.69) is 47.6 Å². The van der Waals surface area contributed by atoms with Crippen molar-refractivity contribution in [2.45, 2.75) is 0 Å². The van der Waals surface area contributed by atoms with Crippen LogP contribution in [0.5, 0.6) is 0 Å². The first-order valence-electron chi connectivity index (χ1n) is 7.87. The second-order valence-electron chi connectivity index (χ2n) is 5.32. The van der Waals surface area contributed by atoms with E-state index in [0.717, 1.165) is 10.8 Å². The van der Waals surface area contributed by atoms with Crippen molar-refractivity contribution in [2.24, 2.45) is 0 Å². The fraction of sp³-hybridized carbons (Fsp3) is 0. The van der Waals surface area contributed by atoms with E-state index < -0.39 is 22.4 Å². The van der Waals surface area contributed by atoms with Crippen LogP contribution in [0.2, 0.25) is 0 Å². The van der Waals surface area contributed by atoms with Gasteiger partial charge < -0.3 is 4.42 Å². The molecule has 2 heterocycles. The Bertz CT molecular complexity index is 1040. The summed E-state index contributed by atoms with van der Waals surface area (Å²) in [6, 6.07) is 9.39. The number of amides is 2. The van der Waals surface area contributed by atoms with E-state index in [4.69, 9.17) is 4.42 Å². The van der Waals surface area contributed by atoms with E-state index in [9.17, 15) is 19.7 Å². The predicted octanol–water partition coefficient (Wildman–Crippen LogP) is 2.25. The normalized spacial score (nSPS) is 10.1. The molecule has 2 aromatic heterocycles. The van der Waals surface area contributed by atoms with E-state index in [1.165, 1.54) is 18.4 Å². The molecule has 4 N–H and O–H groups in total. The van der Waals surface area contributed by atoms with Crippen LogP contribution < -0.4 is 21.7 Å². The van der Waals surface area contributed by atoms with Crippen LogP contribution in [-0.2, 0) is 0 Å². The molecule has 3 aromatic rings. The van der Waals surface area contributed by atoms with Gasteiger partial charge in [-0.05, 0) is 36.4 Å². The Kier molecular flexibility index (Phi) is 5.99. The fourth-order valence-corrected chi connectivity index (χ4v) is 2.37. The Labute approximate surface area is 170 Å². The summed E-state index contributed by atoms with van der Waals surface area (Å²) in [6.45, 7) is 0. The van der Waals surface area contributed by atoms with Crippen LogP contribution in [0.15, 0.2) is 57.9 Å². The predicted molar refractivity (Wildman–Crippen MR) is 104 cm³/mol. The van der Waals surface area contributed by atoms with Crippen molar-refractivity contribution in [1.82, 2.24) is 20.8 Å². The molecule has 0 atom stereocenters. The molecule has 148 valence electrons. The SMILES string of the molecule is O=C(NNc1ncnc(NNC(=O)c2ccco2)c1[N+](=O)[O-])c1ccc(Br)cc1. The molecule has 0 radical (unpaired) electrons. The summed E-state index contributed by atoms with van der Waals surface area (Å²) in [5, 5.41) is 11.5. The number of hydrogen-bond acceptors (Lipinski definition) is 9. The zero-order chi connectivity index (χ0) is 20.8. The molecule has 12 nitrogen and oxygen atoms in total. The number of furan rings is 1. The minimum absolute atomic E-state index is 0.00526. The fourth-order valence-electron chi connectivity index (χ4n) is 2.11. The van der Waals surface area contributed by atoms with Crippen LogP contribution >= 0.6 is 15.9 Å². The molecule has 0 unspecified atom stereocenters. The molecular weight excluding hydrogens is 450 g/mol. The molecule has 0 spiro atoms. The average molecular weight is 462 g/mol. The first-order valence-corrected chi connectivity index (χ1v) is 8.66. The van der Waals surface area contributed by atoms with Gasteiger partial charge in [-0.15, -0.1) is 0 Å². The maximum Gasteiger partial charge on any atom is 0.356 e. The van der Waals surface area contributed by atoms with Gasteiger partial charge in [-0.3, -0.25) is 41.4 Å². The van der Waals surface area contributed by atoms with Gasteiger partial charge in [0.2, 0.25) is 11.6 Å². The minimum Gasteiger partial charge on any atom is -0.459 e. The molecule has 13 heteroatoms. The van der Waals surface area contributed by atoms with Gasteiger partial charge in [-0.25, -0.2) is 9.97 Å². The summed E-state index contributed by atoms with van der Waals surface area (Å²) < 4.78 is 5.71. The van der Waals surface area contributed by atoms with Gasteiger partial charge in [0, 0.05) is 10.0 Å². The zero-order valence-electron chi connectivity index (χ0n) is 14.4. The summed E-state index contributed by atoms with van der Waals surface area (Å²) in [5.41, 5.74) is 8.99. The lowest BCUT2D eigenvalue weighted by molar-refractivity contribution is -0.383. The van der Waals surface area contributed by atoms with Gasteiger partial charge in [0.1, 0.15) is 6.33 Å². The number of aromatic nitrogens is 2. The molecule has 29 heavy (non-hydrogen) atoms. The Hall–Kier alpha value is -4.00. The van der Waals surface area contributed by atoms with Gasteiger partial charge in [0.05, 0.1) is 11.2 Å². The second-order valence-corrected chi connectivity index (χ2v) is 6.23. The summed E-state index contributed by atoms with van der Waals surface area (Å²) in [5.74, 6) is -1.79. The highest BCUT2D eigenvalue weighted by Gasteiger charge is 2.24. The molecule has 0 bridgehead atoms. The smallest absolute Gasteiger partial charge is 0.356 e. The van der Waals surface area contributed by atoms with Crippen molar-refractivity contribution in [3.63, 3.8) is 0 Å². The molecule has 0 aliphatic carbocycles. The van der Waals surface area contributed by atoms with Crippen LogP contribution in [0.4, 0.5) is 17.3 Å². The highest BCUT2D eigenvalue weighted by Crippen LogP contribution is 2.27. The summed E-state index contributed by atoms with van der Waals surface area (Å²) in [6.07, 6.45) is 2.32. The maximum absolute atomic E-state index is 12.2. The number of nitrogens with one attached hydrogen (secondary N) is 4. The topological polar surface area (TPSA) is 164 Å². The molecule has 2 amide bonds. The number of carbonyl (C=O) groups is 2. The summed E-state index contributed by atoms with van der Waals surface area (Å²) in [4.78, 5) is 42.2. The number of benzene rings is 1. The van der Waals surface area contributed by atoms with Crippen molar-refractivity contribution in [1.29, 1.82) is 0 Å². The number of hydrogen-bond donors (Lipinski definition) is 4. The van der Waals surface area contributed by atoms with Crippen molar-refractivity contribution in [3.8, 4) is 0 Å². The standard InChI is InChI=1S/C16H12BrN7O5/c17-10-5-3-9(4-6-10)15(25)22-20-13-12(24(27)28)14(19-8-18-13)21-23-16(26)11-2-1-7-29-11/h1-8H,(H,22,25)(H,23,26)(H2,18,19,20,21). The molecule has 1 aromatic carbocycles. The monoisotopic (exact) mass is 461 g/mol. The Morgan fingerprint density at radius 3 is 2.17 bits per heavy atom. The van der Waals surface area contributed by atoms with Crippen molar-refractivity contribution in [3.05, 3.63) is 74.9 Å². The highest BCUT2D eigenvalue weighted by molar-refractivity contribution is 9.10. The van der Waals surface area contributed by atoms with E-state index in [0.29, 0.717) is 5.56 Å². The molecule has 0 fully saturated rings. The van der Waals surface area contributed by atoms with Crippen molar-refractivity contribution in [2.75, 3.05) is 10.9 Å². The lowest BCUT2D eigenvalue weighted by Crippen LogP contribution is -2.32. The number of hydrazine groups is 2. The average Bonchev–Trinajstić information content (AvgIpc) is 3.25. The zero-order valence-corrected chi connectivity index (χ0v) is 16.0. The third-order valence-electron chi connectivity index (χ3n) is 3.45. The van der Waals surface area contributed by atoms with Gasteiger partial charge in [0.15, 0.2) is 5.76 Å². The lowest BCUT2D eigenvalue weighted by atomic mass is 10.2. The molecular formula is C16H12BrN7O5. The maximum atomic E-state index is 12.2. The molecule has 0 aliphatic heterocycles. The van der Waals surface area contributed by atoms with Crippen molar-refractivity contribution < 1.29 is 18.9 Å². The number of rotatable bonds is 7. The minimum atomic E-state index is -0.768. The number of anilines is 2. The van der Waals surface area contributed by atoms with E-state index >= 15 is 0 Å². The van der Waals surface area contributed by atoms with Gasteiger partial charge >= 0.3 is 11.6 Å². The van der Waals surface area contributed by atoms with Gasteiger partial charge in [-0.1, -0.05) is 15.9 Å². The van der Waals surface area contributed by atoms with Gasteiger partial charge in [0.25, 0.3) is 5.91 Å². The van der Waals surface area contributed by atoms with Crippen LogP contribution in [0, 0.1) is 10.1 Å². The largest absolute Gasteiger partial charge is 0.459 e. The highest BCUT2D eigenvalue weighted by atomic mass is 79.9. The first kappa shape index (κ1) is 19.8. The number of halogens is 1.